The summed E-state index contributed by atoms with van der Waals surface area (Å²) in [5.74, 6) is -4.02. The molecule has 1 heterocycles. The Morgan fingerprint density at radius 2 is 0.772 bits per heavy atom. The number of unbranched alkanes of at least 4 members (excludes halogenated alkanes) is 44. The fourth-order valence-electron chi connectivity index (χ4n) is 13.6. The van der Waals surface area contributed by atoms with E-state index in [0.29, 0.717) is 45.3 Å². The number of esters is 2. The van der Waals surface area contributed by atoms with Crippen LogP contribution >= 0.6 is 7.82 Å². The Labute approximate surface area is 615 Å². The second kappa shape index (κ2) is 67.8. The summed E-state index contributed by atoms with van der Waals surface area (Å²) in [5.41, 5.74) is 0. The summed E-state index contributed by atoms with van der Waals surface area (Å²) in [5, 5.41) is 27.2. The monoisotopic (exact) mass is 1460 g/mol. The van der Waals surface area contributed by atoms with Crippen molar-refractivity contribution >= 4 is 37.5 Å². The van der Waals surface area contributed by atoms with Crippen LogP contribution in [0, 0.1) is 0 Å². The number of carbonyl (C=O) groups is 5. The number of aliphatic carboxylic acids is 1. The lowest BCUT2D eigenvalue weighted by Gasteiger charge is -2.45. The van der Waals surface area contributed by atoms with Crippen LogP contribution in [0.4, 0.5) is 0 Å². The number of phosphoric ester groups is 1. The fraction of sp³-hybridized carbons (Fsp3) is 0.938. The zero-order valence-electron chi connectivity index (χ0n) is 65.4. The third-order valence-corrected chi connectivity index (χ3v) is 20.4. The standard InChI is InChI=1S/C81H155N2O17P/c1-7-13-19-25-31-36-40-45-51-57-68(94-61-55-49-43-34-28-22-16-10-4)63-74(86)83-77-79(99-76(88)65-69(58-52-46-41-37-32-26-20-14-8-2)95-62-56-50-44-35-29-23-17-11-5)78(100-101(91,92)93)72(66-84)98-81(77)96-67-71(80(89)90)82-73(85)64-70(59-53-47-42-38-33-27-21-15-9-3)97-75(87)60-54-48-39-30-24-18-12-6/h68-72,77-79,81,84H,7-67H2,1-6H3,(H,82,85)(H,83,86)(H,89,90)(H2,91,92,93)/t68-,69-,70-,71-,72-,77-,78-,79-,81-/m1/s1. The van der Waals surface area contributed by atoms with Crippen LogP contribution in [0.5, 0.6) is 0 Å². The molecule has 596 valence electrons. The van der Waals surface area contributed by atoms with E-state index in [1.807, 2.05) is 0 Å². The minimum Gasteiger partial charge on any atom is -0.480 e. The van der Waals surface area contributed by atoms with E-state index >= 15 is 0 Å². The van der Waals surface area contributed by atoms with Gasteiger partial charge in [0.15, 0.2) is 18.4 Å². The first-order chi connectivity index (χ1) is 49.0. The minimum absolute atomic E-state index is 0.156. The van der Waals surface area contributed by atoms with Crippen LogP contribution in [0.15, 0.2) is 0 Å². The van der Waals surface area contributed by atoms with Gasteiger partial charge in [0.1, 0.15) is 24.4 Å². The Morgan fingerprint density at radius 3 is 1.15 bits per heavy atom. The Balaban J connectivity index is 3.77. The largest absolute Gasteiger partial charge is 0.480 e. The van der Waals surface area contributed by atoms with Crippen molar-refractivity contribution in [2.45, 2.75) is 463 Å². The minimum atomic E-state index is -5.47. The average Bonchev–Trinajstić information content (AvgIpc) is 0.781. The Bertz CT molecular complexity index is 1960. The first kappa shape index (κ1) is 96.3. The number of rotatable bonds is 75. The maximum absolute atomic E-state index is 14.8. The maximum Gasteiger partial charge on any atom is 0.470 e. The van der Waals surface area contributed by atoms with Crippen LogP contribution in [0.3, 0.4) is 0 Å². The number of aliphatic hydroxyl groups excluding tert-OH is 1. The van der Waals surface area contributed by atoms with Gasteiger partial charge >= 0.3 is 25.7 Å². The highest BCUT2D eigenvalue weighted by Crippen LogP contribution is 2.42. The molecule has 0 saturated carbocycles. The molecule has 19 nitrogen and oxygen atoms in total. The van der Waals surface area contributed by atoms with Gasteiger partial charge in [0.05, 0.1) is 44.7 Å². The zero-order valence-corrected chi connectivity index (χ0v) is 66.3. The van der Waals surface area contributed by atoms with Gasteiger partial charge < -0.3 is 59.1 Å². The second-order valence-electron chi connectivity index (χ2n) is 29.5. The van der Waals surface area contributed by atoms with Crippen LogP contribution in [-0.2, 0) is 61.5 Å². The lowest BCUT2D eigenvalue weighted by molar-refractivity contribution is -0.272. The van der Waals surface area contributed by atoms with Crippen LogP contribution in [0.25, 0.3) is 0 Å². The molecule has 9 atom stereocenters. The van der Waals surface area contributed by atoms with Crippen molar-refractivity contribution in [3.63, 3.8) is 0 Å². The quantitative estimate of drug-likeness (QED) is 0.0188. The predicted molar refractivity (Wildman–Crippen MR) is 407 cm³/mol. The van der Waals surface area contributed by atoms with Crippen LogP contribution in [0.1, 0.15) is 408 Å². The fourth-order valence-corrected chi connectivity index (χ4v) is 14.2. The predicted octanol–water partition coefficient (Wildman–Crippen LogP) is 20.2. The van der Waals surface area contributed by atoms with Crippen molar-refractivity contribution in [1.29, 1.82) is 0 Å². The maximum atomic E-state index is 14.8. The lowest BCUT2D eigenvalue weighted by atomic mass is 9.95. The molecule has 0 aromatic heterocycles. The Kier molecular flexibility index (Phi) is 64.7. The van der Waals surface area contributed by atoms with Crippen molar-refractivity contribution in [2.24, 2.45) is 0 Å². The number of hydrogen-bond acceptors (Lipinski definition) is 14. The molecule has 0 aromatic rings. The van der Waals surface area contributed by atoms with Crippen molar-refractivity contribution in [1.82, 2.24) is 10.6 Å². The third-order valence-electron chi connectivity index (χ3n) is 19.8. The molecular formula is C81H155N2O17P. The molecule has 0 aliphatic carbocycles. The van der Waals surface area contributed by atoms with Gasteiger partial charge in [-0.3, -0.25) is 23.7 Å². The number of carbonyl (C=O) groups excluding carboxylic acids is 4. The molecule has 0 aromatic carbocycles. The van der Waals surface area contributed by atoms with Gasteiger partial charge in [-0.25, -0.2) is 9.36 Å². The first-order valence-corrected chi connectivity index (χ1v) is 43.6. The smallest absolute Gasteiger partial charge is 0.470 e. The van der Waals surface area contributed by atoms with Gasteiger partial charge in [-0.2, -0.15) is 0 Å². The summed E-state index contributed by atoms with van der Waals surface area (Å²) in [7, 11) is -5.47. The highest BCUT2D eigenvalue weighted by atomic mass is 31.2. The van der Waals surface area contributed by atoms with E-state index in [1.165, 1.54) is 148 Å². The average molecular weight is 1460 g/mol. The Hall–Kier alpha value is -2.74. The van der Waals surface area contributed by atoms with Gasteiger partial charge in [-0.15, -0.1) is 0 Å². The summed E-state index contributed by atoms with van der Waals surface area (Å²) in [6, 6.07) is -3.36. The second-order valence-corrected chi connectivity index (χ2v) is 30.7. The van der Waals surface area contributed by atoms with Crippen LogP contribution in [-0.4, -0.2) is 131 Å². The van der Waals surface area contributed by atoms with Gasteiger partial charge in [0, 0.05) is 19.6 Å². The molecule has 1 rings (SSSR count). The molecule has 2 amide bonds. The van der Waals surface area contributed by atoms with Gasteiger partial charge in [0.25, 0.3) is 0 Å². The molecular weight excluding hydrogens is 1300 g/mol. The summed E-state index contributed by atoms with van der Waals surface area (Å²) in [6.07, 6.45) is 46.4. The number of hydrogen-bond donors (Lipinski definition) is 6. The molecule has 0 bridgehead atoms. The normalized spacial score (nSPS) is 17.5. The number of ether oxygens (including phenoxy) is 6. The van der Waals surface area contributed by atoms with E-state index < -0.39 is 106 Å². The van der Waals surface area contributed by atoms with E-state index in [4.69, 9.17) is 32.9 Å². The summed E-state index contributed by atoms with van der Waals surface area (Å²) >= 11 is 0. The van der Waals surface area contributed by atoms with E-state index in [0.717, 1.165) is 161 Å². The van der Waals surface area contributed by atoms with E-state index in [1.54, 1.807) is 0 Å². The number of aliphatic hydroxyl groups is 1. The van der Waals surface area contributed by atoms with Crippen LogP contribution in [0.2, 0.25) is 0 Å². The van der Waals surface area contributed by atoms with Gasteiger partial charge in [-0.05, 0) is 44.9 Å². The number of amides is 2. The molecule has 1 aliphatic rings. The number of carboxylic acid groups (broad SMARTS) is 1. The SMILES string of the molecule is CCCCCCCCCCC[C@H](CC(=O)N[C@H]1[C@H](OC[C@@H](NC(=O)C[C@@H](CCCCCCCCCCC)OC(=O)CCCCCCCCC)C(=O)O)O[C@H](CO)[C@@H](OP(=O)(O)O)[C@@H]1OC(=O)C[C@@H](CCCCCCCCCCC)OCCCCCCCCCC)OCCCCCCCCCC. The highest BCUT2D eigenvalue weighted by molar-refractivity contribution is 7.46. The third kappa shape index (κ3) is 56.3. The molecule has 0 spiro atoms. The van der Waals surface area contributed by atoms with Crippen molar-refractivity contribution in [2.75, 3.05) is 26.4 Å². The molecule has 1 fully saturated rings. The van der Waals surface area contributed by atoms with E-state index in [-0.39, 0.29) is 25.7 Å². The molecule has 0 radical (unpaired) electrons. The first-order valence-electron chi connectivity index (χ1n) is 42.1. The molecule has 1 saturated heterocycles. The summed E-state index contributed by atoms with van der Waals surface area (Å²) in [4.78, 5) is 91.0. The molecule has 6 N–H and O–H groups in total. The van der Waals surface area contributed by atoms with Crippen LogP contribution < -0.4 is 10.6 Å². The zero-order chi connectivity index (χ0) is 74.1. The van der Waals surface area contributed by atoms with Crippen molar-refractivity contribution in [3.8, 4) is 0 Å². The van der Waals surface area contributed by atoms with Crippen molar-refractivity contribution in [3.05, 3.63) is 0 Å². The molecule has 1 aliphatic heterocycles. The lowest BCUT2D eigenvalue weighted by Crippen LogP contribution is -2.66. The molecule has 101 heavy (non-hydrogen) atoms. The summed E-state index contributed by atoms with van der Waals surface area (Å²) < 4.78 is 56.1. The topological polar surface area (TPSA) is 272 Å². The van der Waals surface area contributed by atoms with Gasteiger partial charge in [0.2, 0.25) is 11.8 Å². The Morgan fingerprint density at radius 1 is 0.426 bits per heavy atom. The van der Waals surface area contributed by atoms with Crippen molar-refractivity contribution < 1.29 is 81.5 Å². The van der Waals surface area contributed by atoms with E-state index in [9.17, 15) is 48.5 Å². The van der Waals surface area contributed by atoms with E-state index in [2.05, 4.69) is 52.2 Å². The molecule has 0 unspecified atom stereocenters. The number of phosphoric acid groups is 1. The summed E-state index contributed by atoms with van der Waals surface area (Å²) in [6.45, 7) is 12.3. The number of nitrogens with one attached hydrogen (secondary N) is 2. The molecule has 20 heteroatoms. The number of carboxylic acids is 1. The highest BCUT2D eigenvalue weighted by Gasteiger charge is 2.52. The van der Waals surface area contributed by atoms with Gasteiger partial charge in [-0.1, -0.05) is 337 Å².